The molecule has 0 aliphatic carbocycles. The number of hydrogen-bond acceptors (Lipinski definition) is 5. The molecule has 5 nitrogen and oxygen atoms in total. The fourth-order valence-electron chi connectivity index (χ4n) is 3.97. The number of aromatic nitrogens is 1. The summed E-state index contributed by atoms with van der Waals surface area (Å²) < 4.78 is 5.52. The molecule has 3 saturated heterocycles. The van der Waals surface area contributed by atoms with E-state index in [2.05, 4.69) is 14.8 Å². The molecule has 0 radical (unpaired) electrons. The zero-order chi connectivity index (χ0) is 13.5. The van der Waals surface area contributed by atoms with Gasteiger partial charge >= 0.3 is 0 Å². The largest absolute Gasteiger partial charge is 0.380 e. The normalized spacial score (nSPS) is 33.8. The zero-order valence-electron chi connectivity index (χ0n) is 11.4. The maximum Gasteiger partial charge on any atom is 0.273 e. The lowest BCUT2D eigenvalue weighted by atomic mass is 10.1. The minimum atomic E-state index is 0.114. The highest BCUT2D eigenvalue weighted by atomic mass is 32.1. The SMILES string of the molecule is O=C(c1cscn1)N1CC[C@@H]2[C@@H]1CCN2C1CCOC1. The van der Waals surface area contributed by atoms with Gasteiger partial charge in [0.15, 0.2) is 0 Å². The molecule has 1 amide bonds. The second-order valence-electron chi connectivity index (χ2n) is 5.84. The summed E-state index contributed by atoms with van der Waals surface area (Å²) in [5.41, 5.74) is 2.34. The van der Waals surface area contributed by atoms with Crippen molar-refractivity contribution in [2.45, 2.75) is 37.4 Å². The van der Waals surface area contributed by atoms with E-state index in [1.54, 1.807) is 5.51 Å². The maximum absolute atomic E-state index is 12.5. The van der Waals surface area contributed by atoms with Gasteiger partial charge < -0.3 is 9.64 Å². The van der Waals surface area contributed by atoms with E-state index >= 15 is 0 Å². The first-order valence-electron chi connectivity index (χ1n) is 7.37. The van der Waals surface area contributed by atoms with Crippen LogP contribution in [0.5, 0.6) is 0 Å². The summed E-state index contributed by atoms with van der Waals surface area (Å²) in [6.45, 7) is 3.73. The standard InChI is InChI=1S/C14H19N3O2S/c18-14(11-8-20-9-15-11)17-5-2-12-13(17)1-4-16(12)10-3-6-19-7-10/h8-10,12-13H,1-7H2/t10?,12-,13+/m1/s1. The molecule has 108 valence electrons. The molecule has 1 unspecified atom stereocenters. The van der Waals surface area contributed by atoms with Crippen molar-refractivity contribution in [3.63, 3.8) is 0 Å². The Balaban J connectivity index is 1.49. The van der Waals surface area contributed by atoms with E-state index in [0.29, 0.717) is 23.8 Å². The van der Waals surface area contributed by atoms with Crippen molar-refractivity contribution in [2.75, 3.05) is 26.3 Å². The van der Waals surface area contributed by atoms with Crippen molar-refractivity contribution in [3.8, 4) is 0 Å². The number of amides is 1. The van der Waals surface area contributed by atoms with Crippen LogP contribution in [0.2, 0.25) is 0 Å². The van der Waals surface area contributed by atoms with E-state index < -0.39 is 0 Å². The van der Waals surface area contributed by atoms with Gasteiger partial charge in [-0.3, -0.25) is 9.69 Å². The van der Waals surface area contributed by atoms with Crippen LogP contribution in [0.3, 0.4) is 0 Å². The number of fused-ring (bicyclic) bond motifs is 1. The van der Waals surface area contributed by atoms with Gasteiger partial charge in [0.2, 0.25) is 0 Å². The van der Waals surface area contributed by atoms with Gasteiger partial charge in [-0.1, -0.05) is 0 Å². The fourth-order valence-corrected chi connectivity index (χ4v) is 4.50. The highest BCUT2D eigenvalue weighted by Gasteiger charge is 2.47. The first-order chi connectivity index (χ1) is 9.84. The molecule has 0 bridgehead atoms. The van der Waals surface area contributed by atoms with Crippen molar-refractivity contribution < 1.29 is 9.53 Å². The van der Waals surface area contributed by atoms with Crippen LogP contribution in [-0.4, -0.2) is 65.1 Å². The average molecular weight is 293 g/mol. The van der Waals surface area contributed by atoms with Crippen molar-refractivity contribution >= 4 is 17.2 Å². The lowest BCUT2D eigenvalue weighted by Gasteiger charge is -2.29. The Morgan fingerprint density at radius 1 is 1.30 bits per heavy atom. The van der Waals surface area contributed by atoms with Gasteiger partial charge in [-0.15, -0.1) is 11.3 Å². The third kappa shape index (κ3) is 1.98. The molecule has 0 N–H and O–H groups in total. The van der Waals surface area contributed by atoms with Crippen LogP contribution in [0.4, 0.5) is 0 Å². The summed E-state index contributed by atoms with van der Waals surface area (Å²) in [7, 11) is 0. The predicted octanol–water partition coefficient (Wildman–Crippen LogP) is 1.22. The molecular weight excluding hydrogens is 274 g/mol. The summed E-state index contributed by atoms with van der Waals surface area (Å²) in [6.07, 6.45) is 3.33. The van der Waals surface area contributed by atoms with Crippen molar-refractivity contribution in [1.29, 1.82) is 0 Å². The van der Waals surface area contributed by atoms with Crippen LogP contribution in [0.15, 0.2) is 10.9 Å². The molecule has 0 saturated carbocycles. The van der Waals surface area contributed by atoms with E-state index in [0.717, 1.165) is 45.6 Å². The number of ether oxygens (including phenoxy) is 1. The van der Waals surface area contributed by atoms with Crippen molar-refractivity contribution in [1.82, 2.24) is 14.8 Å². The number of hydrogen-bond donors (Lipinski definition) is 0. The predicted molar refractivity (Wildman–Crippen MR) is 75.9 cm³/mol. The number of nitrogens with zero attached hydrogens (tertiary/aromatic N) is 3. The minimum absolute atomic E-state index is 0.114. The van der Waals surface area contributed by atoms with Crippen LogP contribution < -0.4 is 0 Å². The zero-order valence-corrected chi connectivity index (χ0v) is 12.2. The molecule has 4 heterocycles. The molecule has 3 aliphatic heterocycles. The van der Waals surface area contributed by atoms with Crippen LogP contribution >= 0.6 is 11.3 Å². The molecule has 3 atom stereocenters. The van der Waals surface area contributed by atoms with Gasteiger partial charge in [-0.05, 0) is 19.3 Å². The molecule has 1 aromatic rings. The second-order valence-corrected chi connectivity index (χ2v) is 6.56. The Labute approximate surface area is 122 Å². The second kappa shape index (κ2) is 5.09. The van der Waals surface area contributed by atoms with E-state index in [1.165, 1.54) is 11.3 Å². The number of thiazole rings is 1. The molecule has 1 aromatic heterocycles. The molecule has 20 heavy (non-hydrogen) atoms. The first-order valence-corrected chi connectivity index (χ1v) is 8.31. The topological polar surface area (TPSA) is 45.7 Å². The van der Waals surface area contributed by atoms with Crippen LogP contribution in [-0.2, 0) is 4.74 Å². The van der Waals surface area contributed by atoms with Crippen LogP contribution in [0, 0.1) is 0 Å². The van der Waals surface area contributed by atoms with Crippen LogP contribution in [0.25, 0.3) is 0 Å². The van der Waals surface area contributed by atoms with Gasteiger partial charge in [-0.25, -0.2) is 4.98 Å². The Morgan fingerprint density at radius 2 is 2.20 bits per heavy atom. The molecule has 3 fully saturated rings. The first kappa shape index (κ1) is 12.7. The average Bonchev–Trinajstić information content (AvgIpc) is 3.21. The summed E-state index contributed by atoms with van der Waals surface area (Å²) in [6, 6.07) is 1.48. The fraction of sp³-hybridized carbons (Fsp3) is 0.714. The monoisotopic (exact) mass is 293 g/mol. The van der Waals surface area contributed by atoms with E-state index in [1.807, 2.05) is 5.38 Å². The molecule has 0 aromatic carbocycles. The number of carbonyl (C=O) groups is 1. The minimum Gasteiger partial charge on any atom is -0.380 e. The quantitative estimate of drug-likeness (QED) is 0.822. The van der Waals surface area contributed by atoms with E-state index in [-0.39, 0.29) is 5.91 Å². The van der Waals surface area contributed by atoms with Gasteiger partial charge in [0, 0.05) is 43.2 Å². The number of carbonyl (C=O) groups excluding carboxylic acids is 1. The maximum atomic E-state index is 12.5. The molecular formula is C14H19N3O2S. The van der Waals surface area contributed by atoms with Crippen molar-refractivity contribution in [3.05, 3.63) is 16.6 Å². The van der Waals surface area contributed by atoms with Gasteiger partial charge in [0.1, 0.15) is 5.69 Å². The summed E-state index contributed by atoms with van der Waals surface area (Å²) in [5.74, 6) is 0.114. The Hall–Kier alpha value is -0.980. The van der Waals surface area contributed by atoms with Gasteiger partial charge in [-0.2, -0.15) is 0 Å². The molecule has 3 aliphatic rings. The van der Waals surface area contributed by atoms with Gasteiger partial charge in [0.05, 0.1) is 12.1 Å². The smallest absolute Gasteiger partial charge is 0.273 e. The lowest BCUT2D eigenvalue weighted by Crippen LogP contribution is -2.43. The molecule has 4 rings (SSSR count). The van der Waals surface area contributed by atoms with Crippen LogP contribution in [0.1, 0.15) is 29.8 Å². The lowest BCUT2D eigenvalue weighted by molar-refractivity contribution is 0.0721. The highest BCUT2D eigenvalue weighted by Crippen LogP contribution is 2.35. The van der Waals surface area contributed by atoms with Gasteiger partial charge in [0.25, 0.3) is 5.91 Å². The highest BCUT2D eigenvalue weighted by molar-refractivity contribution is 7.07. The Kier molecular flexibility index (Phi) is 3.24. The summed E-state index contributed by atoms with van der Waals surface area (Å²) >= 11 is 1.49. The third-order valence-electron chi connectivity index (χ3n) is 4.91. The summed E-state index contributed by atoms with van der Waals surface area (Å²) in [4.78, 5) is 21.3. The molecule has 0 spiro atoms. The Morgan fingerprint density at radius 3 is 2.95 bits per heavy atom. The number of likely N-dealkylation sites (tertiary alicyclic amines) is 2. The summed E-state index contributed by atoms with van der Waals surface area (Å²) in [5, 5.41) is 1.85. The van der Waals surface area contributed by atoms with E-state index in [4.69, 9.17) is 4.74 Å². The molecule has 6 heteroatoms. The van der Waals surface area contributed by atoms with E-state index in [9.17, 15) is 4.79 Å². The number of rotatable bonds is 2. The third-order valence-corrected chi connectivity index (χ3v) is 5.49. The van der Waals surface area contributed by atoms with Crippen molar-refractivity contribution in [2.24, 2.45) is 0 Å². The Bertz CT molecular complexity index is 487.